The molecule has 0 aromatic rings. The Morgan fingerprint density at radius 3 is 2.47 bits per heavy atom. The zero-order valence-corrected chi connectivity index (χ0v) is 11.6. The molecule has 0 rings (SSSR count). The highest BCUT2D eigenvalue weighted by Crippen LogP contribution is 2.10. The van der Waals surface area contributed by atoms with Crippen molar-refractivity contribution >= 4 is 0 Å². The van der Waals surface area contributed by atoms with Crippen LogP contribution in [0.4, 0.5) is 0 Å². The normalized spacial score (nSPS) is 14.6. The largest absolute Gasteiger partial charge is 0.396 e. The highest BCUT2D eigenvalue weighted by atomic mass is 16.7. The first kappa shape index (κ1) is 16.0. The van der Waals surface area contributed by atoms with Gasteiger partial charge in [-0.15, -0.1) is 5.01 Å². The third kappa shape index (κ3) is 6.99. The van der Waals surface area contributed by atoms with Gasteiger partial charge in [-0.3, -0.25) is 0 Å². The predicted molar refractivity (Wildman–Crippen MR) is 63.4 cm³/mol. The molecule has 0 heterocycles. The zero-order chi connectivity index (χ0) is 13.5. The fourth-order valence-electron chi connectivity index (χ4n) is 1.00. The molecule has 0 spiro atoms. The van der Waals surface area contributed by atoms with E-state index in [9.17, 15) is 5.21 Å². The van der Waals surface area contributed by atoms with Gasteiger partial charge in [0, 0.05) is 6.61 Å². The minimum atomic E-state index is -0.229. The summed E-state index contributed by atoms with van der Waals surface area (Å²) < 4.78 is 0. The molecule has 6 nitrogen and oxygen atoms in total. The average Bonchev–Trinajstić information content (AvgIpc) is 2.25. The number of hydrazine groups is 1. The Hall–Kier alpha value is -1.04. The van der Waals surface area contributed by atoms with Crippen molar-refractivity contribution in [1.82, 2.24) is 5.01 Å². The van der Waals surface area contributed by atoms with Crippen molar-refractivity contribution < 1.29 is 20.1 Å². The van der Waals surface area contributed by atoms with E-state index in [1.165, 1.54) is 0 Å². The van der Waals surface area contributed by atoms with Crippen LogP contribution in [0.2, 0.25) is 0 Å². The molecule has 0 aromatic carbocycles. The third-order valence-electron chi connectivity index (χ3n) is 2.61. The Labute approximate surface area is 103 Å². The van der Waals surface area contributed by atoms with Crippen molar-refractivity contribution in [1.29, 1.82) is 0 Å². The molecule has 17 heavy (non-hydrogen) atoms. The third-order valence-corrected chi connectivity index (χ3v) is 2.61. The molecule has 0 aliphatic heterocycles. The van der Waals surface area contributed by atoms with Gasteiger partial charge in [-0.25, -0.2) is 5.21 Å². The summed E-state index contributed by atoms with van der Waals surface area (Å²) in [6, 6.07) is 0. The van der Waals surface area contributed by atoms with Crippen LogP contribution in [0.25, 0.3) is 0 Å². The molecule has 1 unspecified atom stereocenters. The first-order chi connectivity index (χ1) is 7.79. The maximum Gasteiger partial charge on any atom is 0.274 e. The number of rotatable bonds is 7. The zero-order valence-electron chi connectivity index (χ0n) is 11.6. The number of nitrogens with zero attached hydrogens (tertiary/aromatic N) is 3. The average molecular weight is 248 g/mol. The van der Waals surface area contributed by atoms with Crippen LogP contribution in [0.15, 0.2) is 5.28 Å². The van der Waals surface area contributed by atoms with Gasteiger partial charge in [-0.05, 0) is 39.5 Å². The first-order valence-corrected chi connectivity index (χ1v) is 5.95. The molecule has 0 bridgehead atoms. The van der Waals surface area contributed by atoms with Crippen molar-refractivity contribution in [3.05, 3.63) is 0 Å². The molecule has 0 aliphatic carbocycles. The summed E-state index contributed by atoms with van der Waals surface area (Å²) in [5, 5.41) is 23.5. The maximum absolute atomic E-state index is 9.54. The van der Waals surface area contributed by atoms with E-state index in [0.717, 1.165) is 12.8 Å². The summed E-state index contributed by atoms with van der Waals surface area (Å²) in [5.41, 5.74) is -0.229. The molecule has 0 amide bonds. The lowest BCUT2D eigenvalue weighted by atomic mass is 10.1. The fraction of sp³-hybridized carbons (Fsp3) is 1.00. The van der Waals surface area contributed by atoms with Gasteiger partial charge in [0.15, 0.2) is 0 Å². The molecule has 0 aromatic heterocycles. The quantitative estimate of drug-likeness (QED) is 0.312. The summed E-state index contributed by atoms with van der Waals surface area (Å²) in [4.78, 5) is 5.69. The lowest BCUT2D eigenvalue weighted by Crippen LogP contribution is -2.43. The van der Waals surface area contributed by atoms with Gasteiger partial charge in [-0.1, -0.05) is 6.92 Å². The number of aliphatic hydroxyl groups is 1. The van der Waals surface area contributed by atoms with Crippen LogP contribution in [0.5, 0.6) is 0 Å². The Kier molecular flexibility index (Phi) is 6.87. The number of hydrogen-bond acceptors (Lipinski definition) is 3. The van der Waals surface area contributed by atoms with Crippen LogP contribution in [0.3, 0.4) is 0 Å². The summed E-state index contributed by atoms with van der Waals surface area (Å²) in [6.07, 6.45) is 1.69. The molecule has 0 fully saturated rings. The van der Waals surface area contributed by atoms with Crippen LogP contribution >= 0.6 is 0 Å². The van der Waals surface area contributed by atoms with E-state index in [1.54, 1.807) is 12.1 Å². The van der Waals surface area contributed by atoms with Gasteiger partial charge in [0.2, 0.25) is 0 Å². The van der Waals surface area contributed by atoms with Gasteiger partial charge >= 0.3 is 0 Å². The van der Waals surface area contributed by atoms with E-state index in [0.29, 0.717) is 11.6 Å². The number of hydrogen-bond donors (Lipinski definition) is 2. The minimum absolute atomic E-state index is 0.191. The second-order valence-corrected chi connectivity index (χ2v) is 5.31. The van der Waals surface area contributed by atoms with E-state index >= 15 is 0 Å². The molecule has 0 radical (unpaired) electrons. The van der Waals surface area contributed by atoms with Crippen molar-refractivity contribution in [2.45, 2.75) is 46.1 Å². The first-order valence-electron chi connectivity index (χ1n) is 5.95. The van der Waals surface area contributed by atoms with Gasteiger partial charge in [0.1, 0.15) is 6.61 Å². The highest BCUT2D eigenvalue weighted by Gasteiger charge is 2.28. The predicted octanol–water partition coefficient (Wildman–Crippen LogP) is 1.83. The lowest BCUT2D eigenvalue weighted by Gasteiger charge is -2.21. The molecule has 6 heteroatoms. The fourth-order valence-corrected chi connectivity index (χ4v) is 1.00. The van der Waals surface area contributed by atoms with Gasteiger partial charge < -0.3 is 9.94 Å². The second-order valence-electron chi connectivity index (χ2n) is 5.31. The molecule has 2 N–H and O–H groups in total. The Morgan fingerprint density at radius 2 is 2.00 bits per heavy atom. The molecular formula is C11H26N3O3+. The number of aliphatic hydroxyl groups excluding tert-OH is 1. The van der Waals surface area contributed by atoms with Crippen LogP contribution in [-0.2, 0) is 4.84 Å². The van der Waals surface area contributed by atoms with Crippen LogP contribution in [0, 0.1) is 5.92 Å². The van der Waals surface area contributed by atoms with E-state index in [2.05, 4.69) is 5.28 Å². The Bertz CT molecular complexity index is 239. The van der Waals surface area contributed by atoms with Crippen LogP contribution < -0.4 is 0 Å². The summed E-state index contributed by atoms with van der Waals surface area (Å²) in [5.74, 6) is 0.279. The lowest BCUT2D eigenvalue weighted by molar-refractivity contribution is -0.946. The maximum atomic E-state index is 9.54. The summed E-state index contributed by atoms with van der Waals surface area (Å²) >= 11 is 0. The van der Waals surface area contributed by atoms with Crippen molar-refractivity contribution in [2.24, 2.45) is 11.2 Å². The minimum Gasteiger partial charge on any atom is -0.396 e. The molecule has 0 saturated heterocycles. The van der Waals surface area contributed by atoms with E-state index < -0.39 is 0 Å². The molecule has 0 saturated carbocycles. The Balaban J connectivity index is 3.85. The van der Waals surface area contributed by atoms with E-state index in [-0.39, 0.29) is 18.1 Å². The smallest absolute Gasteiger partial charge is 0.274 e. The standard InChI is InChI=1S/C11H26N3O3/c1-10(9-15)7-6-8-17-12-14(16)13(5)11(2,3)4/h10,15H,6-9H2,1-5H3,(H,12,16)/q+1. The van der Waals surface area contributed by atoms with E-state index in [1.807, 2.05) is 27.7 Å². The molecule has 102 valence electrons. The van der Waals surface area contributed by atoms with Crippen LogP contribution in [0.1, 0.15) is 40.5 Å². The monoisotopic (exact) mass is 248 g/mol. The van der Waals surface area contributed by atoms with Crippen molar-refractivity contribution in [2.75, 3.05) is 20.3 Å². The van der Waals surface area contributed by atoms with Gasteiger partial charge in [-0.2, -0.15) is 0 Å². The highest BCUT2D eigenvalue weighted by molar-refractivity contribution is 4.64. The second kappa shape index (κ2) is 7.32. The summed E-state index contributed by atoms with van der Waals surface area (Å²) in [7, 11) is 1.72. The van der Waals surface area contributed by atoms with Crippen molar-refractivity contribution in [3.63, 3.8) is 0 Å². The van der Waals surface area contributed by atoms with Gasteiger partial charge in [0.25, 0.3) is 10.2 Å². The molecule has 1 atom stereocenters. The van der Waals surface area contributed by atoms with Crippen LogP contribution in [-0.4, -0.2) is 46.1 Å². The van der Waals surface area contributed by atoms with E-state index in [4.69, 9.17) is 9.94 Å². The summed E-state index contributed by atoms with van der Waals surface area (Å²) in [6.45, 7) is 8.45. The molecular weight excluding hydrogens is 222 g/mol. The van der Waals surface area contributed by atoms with Crippen molar-refractivity contribution in [3.8, 4) is 0 Å². The van der Waals surface area contributed by atoms with Gasteiger partial charge in [0.05, 0.1) is 12.6 Å². The SMILES string of the molecule is CC(CO)CCCO/N=[N+](\O)N(C)C(C)(C)C. The molecule has 0 aliphatic rings. The topological polar surface area (TPSA) is 68.3 Å². The Morgan fingerprint density at radius 1 is 1.41 bits per heavy atom.